The van der Waals surface area contributed by atoms with Crippen LogP contribution in [0.1, 0.15) is 25.0 Å². The lowest BCUT2D eigenvalue weighted by atomic mass is 9.74. The van der Waals surface area contributed by atoms with Crippen LogP contribution in [0.5, 0.6) is 0 Å². The van der Waals surface area contributed by atoms with Crippen LogP contribution in [0, 0.1) is 0 Å². The van der Waals surface area contributed by atoms with E-state index in [1.807, 2.05) is 24.3 Å². The molecule has 0 saturated heterocycles. The molecule has 1 aliphatic heterocycles. The van der Waals surface area contributed by atoms with Crippen LogP contribution in [0.15, 0.2) is 170 Å². The van der Waals surface area contributed by atoms with Crippen molar-refractivity contribution in [1.82, 2.24) is 19.5 Å². The van der Waals surface area contributed by atoms with E-state index >= 15 is 0 Å². The van der Waals surface area contributed by atoms with Gasteiger partial charge in [0.15, 0.2) is 17.5 Å². The third-order valence-corrected chi connectivity index (χ3v) is 10.6. The van der Waals surface area contributed by atoms with Crippen molar-refractivity contribution in [2.75, 3.05) is 0 Å². The maximum atomic E-state index is 5.10. The van der Waals surface area contributed by atoms with Gasteiger partial charge in [0, 0.05) is 32.9 Å². The molecule has 246 valence electrons. The summed E-state index contributed by atoms with van der Waals surface area (Å²) >= 11 is 0. The Labute approximate surface area is 302 Å². The van der Waals surface area contributed by atoms with Gasteiger partial charge in [-0.2, -0.15) is 0 Å². The minimum atomic E-state index is -0.184. The molecule has 10 rings (SSSR count). The standard InChI is InChI=1S/C48H34N4/c1-48(2)40-21-10-12-23-43(40)52-42-22-11-9-20-38(42)39-29-37(30-41(48)44(39)52)35-18-13-19-36(28-35)47-50-45(33-16-7-4-8-17-33)49-46(51-47)34-26-24-32(25-27-34)31-14-5-3-6-15-31/h3-30H,1-2H3. The molecule has 1 aliphatic rings. The van der Waals surface area contributed by atoms with Crippen molar-refractivity contribution in [3.63, 3.8) is 0 Å². The van der Waals surface area contributed by atoms with Crippen LogP contribution >= 0.6 is 0 Å². The van der Waals surface area contributed by atoms with E-state index in [1.54, 1.807) is 0 Å². The van der Waals surface area contributed by atoms with E-state index in [1.165, 1.54) is 49.7 Å². The highest BCUT2D eigenvalue weighted by Crippen LogP contribution is 2.49. The lowest BCUT2D eigenvalue weighted by Crippen LogP contribution is -2.26. The molecule has 0 bridgehead atoms. The largest absolute Gasteiger partial charge is 0.309 e. The molecule has 0 spiro atoms. The summed E-state index contributed by atoms with van der Waals surface area (Å²) in [5.41, 5.74) is 13.7. The number of para-hydroxylation sites is 2. The highest BCUT2D eigenvalue weighted by Gasteiger charge is 2.35. The summed E-state index contributed by atoms with van der Waals surface area (Å²) in [6.45, 7) is 4.71. The first-order chi connectivity index (χ1) is 25.5. The average molecular weight is 667 g/mol. The summed E-state index contributed by atoms with van der Waals surface area (Å²) in [5, 5.41) is 2.53. The predicted molar refractivity (Wildman–Crippen MR) is 213 cm³/mol. The van der Waals surface area contributed by atoms with Gasteiger partial charge in [0.05, 0.1) is 16.7 Å². The van der Waals surface area contributed by atoms with Crippen LogP contribution in [-0.2, 0) is 5.41 Å². The van der Waals surface area contributed by atoms with E-state index in [9.17, 15) is 0 Å². The Morgan fingerprint density at radius 2 is 0.923 bits per heavy atom. The van der Waals surface area contributed by atoms with E-state index in [2.05, 4.69) is 164 Å². The molecule has 4 heteroatoms. The molecule has 52 heavy (non-hydrogen) atoms. The van der Waals surface area contributed by atoms with Crippen molar-refractivity contribution in [2.45, 2.75) is 19.3 Å². The van der Waals surface area contributed by atoms with Crippen LogP contribution in [0.2, 0.25) is 0 Å². The number of nitrogens with zero attached hydrogens (tertiary/aromatic N) is 4. The van der Waals surface area contributed by atoms with E-state index in [4.69, 9.17) is 15.0 Å². The maximum Gasteiger partial charge on any atom is 0.164 e. The molecule has 0 N–H and O–H groups in total. The molecule has 0 fully saturated rings. The van der Waals surface area contributed by atoms with Crippen LogP contribution in [0.25, 0.3) is 83.9 Å². The number of aromatic nitrogens is 4. The second-order valence-corrected chi connectivity index (χ2v) is 14.1. The maximum absolute atomic E-state index is 5.10. The zero-order valence-electron chi connectivity index (χ0n) is 29.0. The van der Waals surface area contributed by atoms with Gasteiger partial charge in [-0.3, -0.25) is 0 Å². The van der Waals surface area contributed by atoms with Gasteiger partial charge in [0.2, 0.25) is 0 Å². The van der Waals surface area contributed by atoms with Crippen LogP contribution in [0.3, 0.4) is 0 Å². The Bertz CT molecular complexity index is 2800. The summed E-state index contributed by atoms with van der Waals surface area (Å²) < 4.78 is 2.46. The van der Waals surface area contributed by atoms with Gasteiger partial charge in [0.25, 0.3) is 0 Å². The van der Waals surface area contributed by atoms with Gasteiger partial charge in [-0.25, -0.2) is 15.0 Å². The van der Waals surface area contributed by atoms with Gasteiger partial charge in [-0.1, -0.05) is 153 Å². The minimum absolute atomic E-state index is 0.184. The van der Waals surface area contributed by atoms with Crippen molar-refractivity contribution >= 4 is 21.8 Å². The fraction of sp³-hybridized carbons (Fsp3) is 0.0625. The Balaban J connectivity index is 1.13. The zero-order chi connectivity index (χ0) is 34.8. The number of rotatable bonds is 5. The normalized spacial score (nSPS) is 13.0. The fourth-order valence-electron chi connectivity index (χ4n) is 7.96. The molecule has 0 aliphatic carbocycles. The van der Waals surface area contributed by atoms with Gasteiger partial charge >= 0.3 is 0 Å². The third kappa shape index (κ3) is 4.79. The van der Waals surface area contributed by atoms with Crippen LogP contribution in [-0.4, -0.2) is 19.5 Å². The molecular weight excluding hydrogens is 633 g/mol. The summed E-state index contributed by atoms with van der Waals surface area (Å²) in [5.74, 6) is 1.94. The van der Waals surface area contributed by atoms with Gasteiger partial charge in [-0.15, -0.1) is 0 Å². The lowest BCUT2D eigenvalue weighted by molar-refractivity contribution is 0.630. The van der Waals surface area contributed by atoms with Crippen molar-refractivity contribution in [3.8, 4) is 62.1 Å². The number of fused-ring (bicyclic) bond motifs is 5. The first-order valence-electron chi connectivity index (χ1n) is 17.8. The van der Waals surface area contributed by atoms with Crippen LogP contribution < -0.4 is 0 Å². The van der Waals surface area contributed by atoms with E-state index in [-0.39, 0.29) is 5.41 Å². The molecule has 9 aromatic rings. The van der Waals surface area contributed by atoms with Crippen molar-refractivity contribution in [1.29, 1.82) is 0 Å². The Morgan fingerprint density at radius 3 is 1.67 bits per heavy atom. The van der Waals surface area contributed by atoms with E-state index < -0.39 is 0 Å². The molecule has 2 aromatic heterocycles. The zero-order valence-corrected chi connectivity index (χ0v) is 29.0. The molecular formula is C48H34N4. The fourth-order valence-corrected chi connectivity index (χ4v) is 7.96. The molecule has 0 radical (unpaired) electrons. The number of hydrogen-bond acceptors (Lipinski definition) is 3. The summed E-state index contributed by atoms with van der Waals surface area (Å²) in [4.78, 5) is 15.1. The number of hydrogen-bond donors (Lipinski definition) is 0. The molecule has 0 saturated carbocycles. The first kappa shape index (κ1) is 30.2. The highest BCUT2D eigenvalue weighted by atomic mass is 15.0. The minimum Gasteiger partial charge on any atom is -0.309 e. The summed E-state index contributed by atoms with van der Waals surface area (Å²) in [7, 11) is 0. The lowest BCUT2D eigenvalue weighted by Gasteiger charge is -2.35. The molecule has 0 atom stereocenters. The quantitative estimate of drug-likeness (QED) is 0.184. The number of benzene rings is 7. The molecule has 7 aromatic carbocycles. The van der Waals surface area contributed by atoms with Gasteiger partial charge in [-0.05, 0) is 63.7 Å². The van der Waals surface area contributed by atoms with Gasteiger partial charge in [0.1, 0.15) is 0 Å². The SMILES string of the molecule is CC1(C)c2ccccc2-n2c3ccccc3c3cc(-c4cccc(-c5nc(-c6ccccc6)nc(-c6ccc(-c7ccccc7)cc6)n5)c4)cc1c32. The molecule has 0 unspecified atom stereocenters. The summed E-state index contributed by atoms with van der Waals surface area (Å²) in [6.07, 6.45) is 0. The predicted octanol–water partition coefficient (Wildman–Crippen LogP) is 11.9. The third-order valence-electron chi connectivity index (χ3n) is 10.6. The monoisotopic (exact) mass is 666 g/mol. The average Bonchev–Trinajstić information content (AvgIpc) is 3.55. The van der Waals surface area contributed by atoms with Crippen LogP contribution in [0.4, 0.5) is 0 Å². The van der Waals surface area contributed by atoms with Crippen molar-refractivity contribution < 1.29 is 0 Å². The Morgan fingerprint density at radius 1 is 0.385 bits per heavy atom. The van der Waals surface area contributed by atoms with Crippen molar-refractivity contribution in [2.24, 2.45) is 0 Å². The Hall–Kier alpha value is -6.65. The first-order valence-corrected chi connectivity index (χ1v) is 17.8. The van der Waals surface area contributed by atoms with Gasteiger partial charge < -0.3 is 4.57 Å². The van der Waals surface area contributed by atoms with Crippen molar-refractivity contribution in [3.05, 3.63) is 181 Å². The topological polar surface area (TPSA) is 43.6 Å². The molecule has 0 amide bonds. The second-order valence-electron chi connectivity index (χ2n) is 14.1. The highest BCUT2D eigenvalue weighted by molar-refractivity contribution is 6.13. The summed E-state index contributed by atoms with van der Waals surface area (Å²) in [6, 6.07) is 60.1. The van der Waals surface area contributed by atoms with E-state index in [0.717, 1.165) is 27.8 Å². The smallest absolute Gasteiger partial charge is 0.164 e. The molecule has 4 nitrogen and oxygen atoms in total. The molecule has 3 heterocycles. The second kappa shape index (κ2) is 11.7. The Kier molecular flexibility index (Phi) is 6.80. The van der Waals surface area contributed by atoms with E-state index in [0.29, 0.717) is 17.5 Å².